The van der Waals surface area contributed by atoms with Gasteiger partial charge in [0, 0.05) is 35.8 Å². The number of aliphatic hydroxyl groups excluding tert-OH is 1. The zero-order valence-corrected chi connectivity index (χ0v) is 12.7. The van der Waals surface area contributed by atoms with Gasteiger partial charge >= 0.3 is 0 Å². The summed E-state index contributed by atoms with van der Waals surface area (Å²) in [6.07, 6.45) is 1.17. The van der Waals surface area contributed by atoms with Gasteiger partial charge in [-0.1, -0.05) is 15.9 Å². The second-order valence-corrected chi connectivity index (χ2v) is 5.88. The quantitative estimate of drug-likeness (QED) is 0.924. The summed E-state index contributed by atoms with van der Waals surface area (Å²) in [5.74, 6) is 0. The lowest BCUT2D eigenvalue weighted by Gasteiger charge is -2.24. The van der Waals surface area contributed by atoms with Crippen molar-refractivity contribution in [3.8, 4) is 0 Å². The molecule has 1 heterocycles. The van der Waals surface area contributed by atoms with E-state index in [0.29, 0.717) is 6.04 Å². The normalized spacial score (nSPS) is 19.8. The average Bonchev–Trinajstić information content (AvgIpc) is 2.82. The topological polar surface area (TPSA) is 26.7 Å². The lowest BCUT2D eigenvalue weighted by Crippen LogP contribution is -2.36. The first-order chi connectivity index (χ1) is 8.61. The molecule has 3 nitrogen and oxygen atoms in total. The molecule has 0 radical (unpaired) electrons. The summed E-state index contributed by atoms with van der Waals surface area (Å²) in [5, 5.41) is 8.99. The Morgan fingerprint density at radius 2 is 2.28 bits per heavy atom. The van der Waals surface area contributed by atoms with Crippen molar-refractivity contribution in [2.75, 3.05) is 38.2 Å². The van der Waals surface area contributed by atoms with Crippen LogP contribution in [-0.4, -0.2) is 49.3 Å². The molecule has 1 atom stereocenters. The molecule has 1 aromatic carbocycles. The number of halogens is 1. The van der Waals surface area contributed by atoms with Crippen LogP contribution in [0.3, 0.4) is 0 Å². The van der Waals surface area contributed by atoms with Crippen LogP contribution in [-0.2, 0) is 0 Å². The highest BCUT2D eigenvalue weighted by molar-refractivity contribution is 9.10. The Kier molecular flexibility index (Phi) is 4.65. The van der Waals surface area contributed by atoms with Gasteiger partial charge in [-0.3, -0.25) is 4.90 Å². The number of aryl methyl sites for hydroxylation is 1. The highest BCUT2D eigenvalue weighted by atomic mass is 79.9. The number of hydrogen-bond donors (Lipinski definition) is 1. The van der Waals surface area contributed by atoms with Crippen LogP contribution in [0.15, 0.2) is 22.7 Å². The van der Waals surface area contributed by atoms with Crippen LogP contribution in [0.5, 0.6) is 0 Å². The molecule has 0 aliphatic carbocycles. The summed E-state index contributed by atoms with van der Waals surface area (Å²) in [7, 11) is 2.09. The fraction of sp³-hybridized carbons (Fsp3) is 0.571. The highest BCUT2D eigenvalue weighted by Crippen LogP contribution is 2.26. The summed E-state index contributed by atoms with van der Waals surface area (Å²) in [6, 6.07) is 7.08. The van der Waals surface area contributed by atoms with E-state index in [1.165, 1.54) is 22.1 Å². The second kappa shape index (κ2) is 6.04. The van der Waals surface area contributed by atoms with Crippen molar-refractivity contribution < 1.29 is 5.11 Å². The third kappa shape index (κ3) is 3.05. The van der Waals surface area contributed by atoms with Crippen LogP contribution in [0.25, 0.3) is 0 Å². The molecule has 1 aliphatic heterocycles. The van der Waals surface area contributed by atoms with Gasteiger partial charge in [-0.15, -0.1) is 0 Å². The second-order valence-electron chi connectivity index (χ2n) is 5.03. The first-order valence-corrected chi connectivity index (χ1v) is 7.23. The van der Waals surface area contributed by atoms with Crippen LogP contribution < -0.4 is 4.90 Å². The smallest absolute Gasteiger partial charge is 0.0558 e. The Morgan fingerprint density at radius 1 is 1.50 bits per heavy atom. The van der Waals surface area contributed by atoms with Crippen LogP contribution in [0, 0.1) is 6.92 Å². The molecule has 100 valence electrons. The molecular weight excluding hydrogens is 292 g/mol. The van der Waals surface area contributed by atoms with Gasteiger partial charge in [0.1, 0.15) is 0 Å². The Hall–Kier alpha value is -0.580. The van der Waals surface area contributed by atoms with E-state index in [2.05, 4.69) is 57.9 Å². The minimum atomic E-state index is 0.240. The summed E-state index contributed by atoms with van der Waals surface area (Å²) in [4.78, 5) is 4.68. The summed E-state index contributed by atoms with van der Waals surface area (Å²) < 4.78 is 1.17. The molecule has 0 spiro atoms. The molecule has 4 heteroatoms. The van der Waals surface area contributed by atoms with E-state index in [1.807, 2.05) is 0 Å². The summed E-state index contributed by atoms with van der Waals surface area (Å²) in [5.41, 5.74) is 2.58. The fourth-order valence-electron chi connectivity index (χ4n) is 2.50. The van der Waals surface area contributed by atoms with Gasteiger partial charge < -0.3 is 10.0 Å². The SMILES string of the molecule is Cc1cc(N2CCC(N(C)CCO)C2)ccc1Br. The molecule has 1 fully saturated rings. The van der Waals surface area contributed by atoms with Gasteiger partial charge in [0.25, 0.3) is 0 Å². The average molecular weight is 313 g/mol. The first kappa shape index (κ1) is 13.8. The maximum atomic E-state index is 8.99. The van der Waals surface area contributed by atoms with Gasteiger partial charge in [-0.25, -0.2) is 0 Å². The number of hydrogen-bond acceptors (Lipinski definition) is 3. The van der Waals surface area contributed by atoms with Gasteiger partial charge in [0.05, 0.1) is 6.61 Å². The third-order valence-corrected chi connectivity index (χ3v) is 4.64. The van der Waals surface area contributed by atoms with E-state index in [9.17, 15) is 0 Å². The number of benzene rings is 1. The Balaban J connectivity index is 2.01. The van der Waals surface area contributed by atoms with Crippen LogP contribution in [0.4, 0.5) is 5.69 Å². The largest absolute Gasteiger partial charge is 0.395 e. The van der Waals surface area contributed by atoms with Crippen molar-refractivity contribution in [3.05, 3.63) is 28.2 Å². The number of rotatable bonds is 4. The molecule has 0 amide bonds. The summed E-state index contributed by atoms with van der Waals surface area (Å²) in [6.45, 7) is 5.28. The molecule has 0 bridgehead atoms. The fourth-order valence-corrected chi connectivity index (χ4v) is 2.75. The van der Waals surface area contributed by atoms with E-state index in [1.54, 1.807) is 0 Å². The maximum absolute atomic E-state index is 8.99. The minimum absolute atomic E-state index is 0.240. The molecule has 18 heavy (non-hydrogen) atoms. The Bertz CT molecular complexity index is 411. The predicted octanol–water partition coefficient (Wildman–Crippen LogP) is 2.26. The van der Waals surface area contributed by atoms with Crippen molar-refractivity contribution in [1.29, 1.82) is 0 Å². The van der Waals surface area contributed by atoms with E-state index in [-0.39, 0.29) is 6.61 Å². The van der Waals surface area contributed by atoms with Gasteiger partial charge in [0.15, 0.2) is 0 Å². The van der Waals surface area contributed by atoms with Gasteiger partial charge in [-0.05, 0) is 44.2 Å². The number of likely N-dealkylation sites (N-methyl/N-ethyl adjacent to an activating group) is 1. The van der Waals surface area contributed by atoms with E-state index in [0.717, 1.165) is 19.6 Å². The minimum Gasteiger partial charge on any atom is -0.395 e. The molecule has 1 N–H and O–H groups in total. The standard InChI is InChI=1S/C14H21BrN2O/c1-11-9-12(3-4-14(11)15)17-6-5-13(10-17)16(2)7-8-18/h3-4,9,13,18H,5-8,10H2,1-2H3. The molecule has 1 unspecified atom stereocenters. The predicted molar refractivity (Wildman–Crippen MR) is 79.2 cm³/mol. The van der Waals surface area contributed by atoms with E-state index >= 15 is 0 Å². The highest BCUT2D eigenvalue weighted by Gasteiger charge is 2.25. The zero-order chi connectivity index (χ0) is 13.1. The van der Waals surface area contributed by atoms with Gasteiger partial charge in [0.2, 0.25) is 0 Å². The molecular formula is C14H21BrN2O. The Labute approximate surface area is 118 Å². The lowest BCUT2D eigenvalue weighted by atomic mass is 10.2. The maximum Gasteiger partial charge on any atom is 0.0558 e. The molecule has 0 aromatic heterocycles. The number of anilines is 1. The first-order valence-electron chi connectivity index (χ1n) is 6.44. The van der Waals surface area contributed by atoms with Crippen molar-refractivity contribution in [2.45, 2.75) is 19.4 Å². The van der Waals surface area contributed by atoms with Gasteiger partial charge in [-0.2, -0.15) is 0 Å². The summed E-state index contributed by atoms with van der Waals surface area (Å²) >= 11 is 3.54. The monoisotopic (exact) mass is 312 g/mol. The van der Waals surface area contributed by atoms with Crippen molar-refractivity contribution in [2.24, 2.45) is 0 Å². The molecule has 1 aliphatic rings. The molecule has 1 saturated heterocycles. The van der Waals surface area contributed by atoms with Crippen LogP contribution in [0.1, 0.15) is 12.0 Å². The molecule has 0 saturated carbocycles. The molecule has 2 rings (SSSR count). The Morgan fingerprint density at radius 3 is 2.94 bits per heavy atom. The van der Waals surface area contributed by atoms with Crippen molar-refractivity contribution in [3.63, 3.8) is 0 Å². The molecule has 1 aromatic rings. The van der Waals surface area contributed by atoms with Crippen LogP contribution >= 0.6 is 15.9 Å². The zero-order valence-electron chi connectivity index (χ0n) is 11.1. The lowest BCUT2D eigenvalue weighted by molar-refractivity contribution is 0.188. The van der Waals surface area contributed by atoms with Crippen molar-refractivity contribution >= 4 is 21.6 Å². The van der Waals surface area contributed by atoms with E-state index in [4.69, 9.17) is 5.11 Å². The van der Waals surface area contributed by atoms with Crippen molar-refractivity contribution in [1.82, 2.24) is 4.90 Å². The number of aliphatic hydroxyl groups is 1. The van der Waals surface area contributed by atoms with E-state index < -0.39 is 0 Å². The number of nitrogens with zero attached hydrogens (tertiary/aromatic N) is 2. The third-order valence-electron chi connectivity index (χ3n) is 3.75. The van der Waals surface area contributed by atoms with Crippen LogP contribution in [0.2, 0.25) is 0 Å².